The molecule has 1 amide bonds. The fraction of sp³-hybridized carbons (Fsp3) is 0.609. The third-order valence-electron chi connectivity index (χ3n) is 6.35. The molecular weight excluding hydrogens is 410 g/mol. The highest BCUT2D eigenvalue weighted by atomic mass is 16.5. The zero-order chi connectivity index (χ0) is 22.3. The van der Waals surface area contributed by atoms with Crippen LogP contribution in [0.3, 0.4) is 0 Å². The standard InChI is InChI=1S/C23H33N5O4/c1-30-21-8-5-6-18(22(21)31-2)16-27-10-4-3-7-19(27)9-11-28-17-20(24-25-28)23(29)26-12-14-32-15-13-26/h5-6,8,17,19H,3-4,7,9-16H2,1-2H3. The maximum atomic E-state index is 12.6. The van der Waals surface area contributed by atoms with E-state index in [9.17, 15) is 4.79 Å². The first-order valence-electron chi connectivity index (χ1n) is 11.4. The summed E-state index contributed by atoms with van der Waals surface area (Å²) in [6, 6.07) is 6.49. The number of aryl methyl sites for hydroxylation is 1. The Balaban J connectivity index is 1.37. The van der Waals surface area contributed by atoms with Gasteiger partial charge in [-0.15, -0.1) is 5.10 Å². The highest BCUT2D eigenvalue weighted by molar-refractivity contribution is 5.91. The Morgan fingerprint density at radius 1 is 1.16 bits per heavy atom. The third-order valence-corrected chi connectivity index (χ3v) is 6.35. The van der Waals surface area contributed by atoms with Crippen molar-refractivity contribution in [2.45, 2.75) is 44.8 Å². The van der Waals surface area contributed by atoms with Crippen LogP contribution in [-0.4, -0.2) is 83.8 Å². The Kier molecular flexibility index (Phi) is 7.59. The molecule has 9 nitrogen and oxygen atoms in total. The van der Waals surface area contributed by atoms with Crippen molar-refractivity contribution in [3.05, 3.63) is 35.7 Å². The number of aromatic nitrogens is 3. The number of carbonyl (C=O) groups is 1. The number of likely N-dealkylation sites (tertiary alicyclic amines) is 1. The van der Waals surface area contributed by atoms with Crippen molar-refractivity contribution >= 4 is 5.91 Å². The monoisotopic (exact) mass is 443 g/mol. The lowest BCUT2D eigenvalue weighted by Crippen LogP contribution is -2.40. The molecule has 2 aromatic rings. The summed E-state index contributed by atoms with van der Waals surface area (Å²) in [5.74, 6) is 1.50. The zero-order valence-electron chi connectivity index (χ0n) is 19.0. The number of nitrogens with zero attached hydrogens (tertiary/aromatic N) is 5. The molecule has 0 N–H and O–H groups in total. The van der Waals surface area contributed by atoms with Crippen molar-refractivity contribution in [1.82, 2.24) is 24.8 Å². The Bertz CT molecular complexity index is 896. The van der Waals surface area contributed by atoms with Crippen LogP contribution < -0.4 is 9.47 Å². The van der Waals surface area contributed by atoms with Crippen LogP contribution in [-0.2, 0) is 17.8 Å². The zero-order valence-corrected chi connectivity index (χ0v) is 19.0. The maximum Gasteiger partial charge on any atom is 0.276 e. The highest BCUT2D eigenvalue weighted by Crippen LogP contribution is 2.33. The van der Waals surface area contributed by atoms with Crippen LogP contribution in [0.1, 0.15) is 41.7 Å². The van der Waals surface area contributed by atoms with Crippen LogP contribution >= 0.6 is 0 Å². The molecule has 3 heterocycles. The second-order valence-corrected chi connectivity index (χ2v) is 8.33. The van der Waals surface area contributed by atoms with Gasteiger partial charge in [-0.25, -0.2) is 0 Å². The number of rotatable bonds is 8. The molecule has 0 saturated carbocycles. The van der Waals surface area contributed by atoms with E-state index in [0.717, 1.165) is 49.5 Å². The van der Waals surface area contributed by atoms with Gasteiger partial charge in [0.05, 0.1) is 33.6 Å². The SMILES string of the molecule is COc1cccc(CN2CCCCC2CCn2cc(C(=O)N3CCOCC3)nn2)c1OC. The van der Waals surface area contributed by atoms with Crippen LogP contribution in [0.25, 0.3) is 0 Å². The van der Waals surface area contributed by atoms with Gasteiger partial charge < -0.3 is 19.1 Å². The summed E-state index contributed by atoms with van der Waals surface area (Å²) in [7, 11) is 3.36. The highest BCUT2D eigenvalue weighted by Gasteiger charge is 2.25. The molecule has 4 rings (SSSR count). The summed E-state index contributed by atoms with van der Waals surface area (Å²) in [6.45, 7) is 4.99. The van der Waals surface area contributed by atoms with E-state index in [1.807, 2.05) is 12.1 Å². The third kappa shape index (κ3) is 5.21. The van der Waals surface area contributed by atoms with Gasteiger partial charge in [-0.1, -0.05) is 23.8 Å². The van der Waals surface area contributed by atoms with Gasteiger partial charge in [0.1, 0.15) is 0 Å². The van der Waals surface area contributed by atoms with Crippen molar-refractivity contribution in [3.63, 3.8) is 0 Å². The summed E-state index contributed by atoms with van der Waals surface area (Å²) in [5.41, 5.74) is 1.55. The lowest BCUT2D eigenvalue weighted by molar-refractivity contribution is 0.0299. The number of hydrogen-bond donors (Lipinski definition) is 0. The summed E-state index contributed by atoms with van der Waals surface area (Å²) in [5, 5.41) is 8.33. The molecule has 1 unspecified atom stereocenters. The maximum absolute atomic E-state index is 12.6. The number of piperidine rings is 1. The second-order valence-electron chi connectivity index (χ2n) is 8.33. The number of carbonyl (C=O) groups excluding carboxylic acids is 1. The first-order chi connectivity index (χ1) is 15.7. The van der Waals surface area contributed by atoms with Crippen molar-refractivity contribution in [2.75, 3.05) is 47.1 Å². The van der Waals surface area contributed by atoms with E-state index < -0.39 is 0 Å². The van der Waals surface area contributed by atoms with E-state index in [-0.39, 0.29) is 5.91 Å². The summed E-state index contributed by atoms with van der Waals surface area (Å²) < 4.78 is 18.2. The van der Waals surface area contributed by atoms with Crippen LogP contribution in [0, 0.1) is 0 Å². The Hall–Kier alpha value is -2.65. The van der Waals surface area contributed by atoms with Crippen LogP contribution in [0.2, 0.25) is 0 Å². The minimum Gasteiger partial charge on any atom is -0.493 e. The molecule has 1 aromatic heterocycles. The molecule has 1 atom stereocenters. The quantitative estimate of drug-likeness (QED) is 0.619. The lowest BCUT2D eigenvalue weighted by Gasteiger charge is -2.36. The minimum atomic E-state index is -0.0658. The summed E-state index contributed by atoms with van der Waals surface area (Å²) >= 11 is 0. The fourth-order valence-corrected chi connectivity index (χ4v) is 4.61. The number of para-hydroxylation sites is 1. The van der Waals surface area contributed by atoms with Crippen LogP contribution in [0.4, 0.5) is 0 Å². The number of benzene rings is 1. The first-order valence-corrected chi connectivity index (χ1v) is 11.4. The molecule has 0 bridgehead atoms. The smallest absolute Gasteiger partial charge is 0.276 e. The normalized spacial score (nSPS) is 19.7. The Morgan fingerprint density at radius 3 is 2.78 bits per heavy atom. The Labute approximate surface area is 189 Å². The van der Waals surface area contributed by atoms with Crippen molar-refractivity contribution in [3.8, 4) is 11.5 Å². The van der Waals surface area contributed by atoms with Gasteiger partial charge in [0.2, 0.25) is 0 Å². The predicted molar refractivity (Wildman–Crippen MR) is 119 cm³/mol. The van der Waals surface area contributed by atoms with Crippen molar-refractivity contribution in [2.24, 2.45) is 0 Å². The van der Waals surface area contributed by atoms with Crippen LogP contribution in [0.5, 0.6) is 11.5 Å². The molecular formula is C23H33N5O4. The van der Waals surface area contributed by atoms with Crippen molar-refractivity contribution in [1.29, 1.82) is 0 Å². The topological polar surface area (TPSA) is 82.0 Å². The van der Waals surface area contributed by atoms with Gasteiger partial charge >= 0.3 is 0 Å². The van der Waals surface area contributed by atoms with Gasteiger partial charge in [-0.05, 0) is 31.9 Å². The van der Waals surface area contributed by atoms with E-state index in [1.165, 1.54) is 12.8 Å². The number of hydrogen-bond acceptors (Lipinski definition) is 7. The van der Waals surface area contributed by atoms with E-state index >= 15 is 0 Å². The molecule has 9 heteroatoms. The lowest BCUT2D eigenvalue weighted by atomic mass is 9.98. The van der Waals surface area contributed by atoms with E-state index in [4.69, 9.17) is 14.2 Å². The average molecular weight is 444 g/mol. The van der Waals surface area contributed by atoms with E-state index in [0.29, 0.717) is 38.0 Å². The molecule has 0 radical (unpaired) electrons. The molecule has 2 aliphatic rings. The number of ether oxygens (including phenoxy) is 3. The molecule has 2 saturated heterocycles. The largest absolute Gasteiger partial charge is 0.493 e. The van der Waals surface area contributed by atoms with Gasteiger partial charge in [0.25, 0.3) is 5.91 Å². The fourth-order valence-electron chi connectivity index (χ4n) is 4.61. The molecule has 0 aliphatic carbocycles. The summed E-state index contributed by atoms with van der Waals surface area (Å²) in [6.07, 6.45) is 6.32. The van der Waals surface area contributed by atoms with Gasteiger partial charge in [0.15, 0.2) is 17.2 Å². The van der Waals surface area contributed by atoms with Gasteiger partial charge in [-0.2, -0.15) is 0 Å². The second kappa shape index (κ2) is 10.8. The molecule has 0 spiro atoms. The summed E-state index contributed by atoms with van der Waals surface area (Å²) in [4.78, 5) is 16.9. The van der Waals surface area contributed by atoms with Crippen LogP contribution in [0.15, 0.2) is 24.4 Å². The first kappa shape index (κ1) is 22.5. The average Bonchev–Trinajstić information content (AvgIpc) is 3.32. The molecule has 2 fully saturated rings. The number of amides is 1. The van der Waals surface area contributed by atoms with E-state index in [1.54, 1.807) is 30.0 Å². The molecule has 32 heavy (non-hydrogen) atoms. The molecule has 1 aromatic carbocycles. The van der Waals surface area contributed by atoms with E-state index in [2.05, 4.69) is 21.3 Å². The number of methoxy groups -OCH3 is 2. The molecule has 2 aliphatic heterocycles. The number of morpholine rings is 1. The predicted octanol–water partition coefficient (Wildman–Crippen LogP) is 2.21. The van der Waals surface area contributed by atoms with Gasteiger partial charge in [0, 0.05) is 37.8 Å². The van der Waals surface area contributed by atoms with Crippen molar-refractivity contribution < 1.29 is 19.0 Å². The Morgan fingerprint density at radius 2 is 2.00 bits per heavy atom. The molecule has 174 valence electrons. The van der Waals surface area contributed by atoms with Gasteiger partial charge in [-0.3, -0.25) is 14.4 Å². The minimum absolute atomic E-state index is 0.0658.